The molecule has 0 aromatic carbocycles. The van der Waals surface area contributed by atoms with Gasteiger partial charge in [0.2, 0.25) is 0 Å². The lowest BCUT2D eigenvalue weighted by molar-refractivity contribution is 0.294. The van der Waals surface area contributed by atoms with Crippen molar-refractivity contribution in [1.29, 1.82) is 0 Å². The summed E-state index contributed by atoms with van der Waals surface area (Å²) in [5.41, 5.74) is 0. The molecule has 0 spiro atoms. The summed E-state index contributed by atoms with van der Waals surface area (Å²) < 4.78 is 0. The fraction of sp³-hybridized carbons (Fsp3) is 0.857. The minimum atomic E-state index is 1.14. The monoisotopic (exact) mass is 318 g/mol. The Balaban J connectivity index is 1.91. The fourth-order valence-corrected chi connectivity index (χ4v) is 3.86. The molecule has 0 N–H and O–H groups in total. The summed E-state index contributed by atoms with van der Waals surface area (Å²) in [6.07, 6.45) is 4.38. The van der Waals surface area contributed by atoms with Crippen LogP contribution in [0.25, 0.3) is 0 Å². The summed E-state index contributed by atoms with van der Waals surface area (Å²) in [5.74, 6) is 2.42. The molecule has 0 saturated carbocycles. The molecule has 0 fully saturated rings. The number of nitrogens with zero attached hydrogens (tertiary/aromatic N) is 4. The summed E-state index contributed by atoms with van der Waals surface area (Å²) in [6.45, 7) is 6.95. The largest absolute Gasteiger partial charge is 0.377 e. The first-order valence-electron chi connectivity index (χ1n) is 7.28. The van der Waals surface area contributed by atoms with Crippen molar-refractivity contribution >= 4 is 21.6 Å². The highest BCUT2D eigenvalue weighted by atomic mass is 33.1. The van der Waals surface area contributed by atoms with Crippen LogP contribution in [0, 0.1) is 0 Å². The van der Waals surface area contributed by atoms with Gasteiger partial charge in [-0.1, -0.05) is 21.6 Å². The van der Waals surface area contributed by atoms with E-state index in [4.69, 9.17) is 0 Å². The molecule has 0 aliphatic carbocycles. The molecule has 118 valence electrons. The molecular weight excluding hydrogens is 288 g/mol. The van der Waals surface area contributed by atoms with Crippen molar-refractivity contribution in [3.8, 4) is 0 Å². The zero-order valence-electron chi connectivity index (χ0n) is 13.4. The van der Waals surface area contributed by atoms with Crippen LogP contribution in [0.4, 0.5) is 0 Å². The van der Waals surface area contributed by atoms with Crippen LogP contribution in [0.15, 0.2) is 12.4 Å². The van der Waals surface area contributed by atoms with Gasteiger partial charge in [-0.2, -0.15) is 0 Å². The van der Waals surface area contributed by atoms with Gasteiger partial charge in [-0.3, -0.25) is 0 Å². The quantitative estimate of drug-likeness (QED) is 0.445. The fourth-order valence-electron chi connectivity index (χ4n) is 1.78. The molecule has 1 heterocycles. The Hall–Kier alpha value is -0.0400. The van der Waals surface area contributed by atoms with Crippen molar-refractivity contribution in [2.45, 2.75) is 0 Å². The van der Waals surface area contributed by atoms with Gasteiger partial charge in [0.1, 0.15) is 0 Å². The van der Waals surface area contributed by atoms with Gasteiger partial charge in [0.05, 0.1) is 0 Å². The van der Waals surface area contributed by atoms with E-state index in [1.165, 1.54) is 24.6 Å². The summed E-state index contributed by atoms with van der Waals surface area (Å²) >= 11 is 0. The van der Waals surface area contributed by atoms with Gasteiger partial charge in [-0.25, -0.2) is 0 Å². The van der Waals surface area contributed by atoms with E-state index in [0.717, 1.165) is 26.2 Å². The summed E-state index contributed by atoms with van der Waals surface area (Å²) in [5, 5.41) is 0. The molecule has 0 unspecified atom stereocenters. The SMILES string of the molecule is CN(C)CCN(C)CCSSCCN1C=CN(C)CC1. The van der Waals surface area contributed by atoms with Crippen LogP contribution in [0.5, 0.6) is 0 Å². The lowest BCUT2D eigenvalue weighted by atomic mass is 10.4. The zero-order chi connectivity index (χ0) is 14.8. The van der Waals surface area contributed by atoms with Crippen molar-refractivity contribution in [2.24, 2.45) is 0 Å². The smallest absolute Gasteiger partial charge is 0.0349 e. The molecular formula is C14H30N4S2. The average Bonchev–Trinajstić information content (AvgIpc) is 2.42. The molecule has 4 nitrogen and oxygen atoms in total. The minimum Gasteiger partial charge on any atom is -0.377 e. The molecule has 0 amide bonds. The third-order valence-electron chi connectivity index (χ3n) is 3.30. The molecule has 0 aromatic rings. The van der Waals surface area contributed by atoms with Gasteiger partial charge in [0, 0.05) is 70.2 Å². The highest BCUT2D eigenvalue weighted by Crippen LogP contribution is 2.21. The van der Waals surface area contributed by atoms with E-state index in [0.29, 0.717) is 0 Å². The van der Waals surface area contributed by atoms with Crippen LogP contribution in [0.3, 0.4) is 0 Å². The standard InChI is InChI=1S/C14H30N4S2/c1-15(2)5-6-17(4)11-13-19-20-14-12-18-9-7-16(3)8-10-18/h7,9H,5-6,8,10-14H2,1-4H3. The van der Waals surface area contributed by atoms with Crippen molar-refractivity contribution in [3.05, 3.63) is 12.4 Å². The van der Waals surface area contributed by atoms with Crippen LogP contribution in [-0.4, -0.2) is 98.6 Å². The molecule has 0 atom stereocenters. The van der Waals surface area contributed by atoms with E-state index in [1.807, 2.05) is 21.6 Å². The molecule has 6 heteroatoms. The van der Waals surface area contributed by atoms with Crippen molar-refractivity contribution in [1.82, 2.24) is 19.6 Å². The van der Waals surface area contributed by atoms with Gasteiger partial charge in [0.25, 0.3) is 0 Å². The normalized spacial score (nSPS) is 15.7. The summed E-state index contributed by atoms with van der Waals surface area (Å²) in [7, 11) is 12.6. The van der Waals surface area contributed by atoms with E-state index < -0.39 is 0 Å². The maximum Gasteiger partial charge on any atom is 0.0349 e. The summed E-state index contributed by atoms with van der Waals surface area (Å²) in [4.78, 5) is 9.30. The first kappa shape index (κ1) is 18.0. The predicted molar refractivity (Wildman–Crippen MR) is 94.3 cm³/mol. The zero-order valence-corrected chi connectivity index (χ0v) is 15.0. The molecule has 0 bridgehead atoms. The highest BCUT2D eigenvalue weighted by molar-refractivity contribution is 8.76. The highest BCUT2D eigenvalue weighted by Gasteiger charge is 2.06. The van der Waals surface area contributed by atoms with E-state index in [-0.39, 0.29) is 0 Å². The Morgan fingerprint density at radius 3 is 2.35 bits per heavy atom. The molecule has 0 radical (unpaired) electrons. The Bertz CT molecular complexity index is 274. The Labute approximate surface area is 132 Å². The number of hydrogen-bond acceptors (Lipinski definition) is 6. The Morgan fingerprint density at radius 1 is 0.950 bits per heavy atom. The van der Waals surface area contributed by atoms with Gasteiger partial charge in [0.15, 0.2) is 0 Å². The van der Waals surface area contributed by atoms with Crippen LogP contribution in [0.2, 0.25) is 0 Å². The third-order valence-corrected chi connectivity index (χ3v) is 5.67. The van der Waals surface area contributed by atoms with Crippen molar-refractivity contribution in [2.75, 3.05) is 79.0 Å². The third kappa shape index (κ3) is 9.00. The second kappa shape index (κ2) is 10.7. The molecule has 20 heavy (non-hydrogen) atoms. The van der Waals surface area contributed by atoms with Gasteiger partial charge < -0.3 is 19.6 Å². The number of likely N-dealkylation sites (N-methyl/N-ethyl adjacent to an activating group) is 3. The maximum atomic E-state index is 2.41. The topological polar surface area (TPSA) is 13.0 Å². The van der Waals surface area contributed by atoms with E-state index in [1.54, 1.807) is 0 Å². The molecule has 0 aromatic heterocycles. The van der Waals surface area contributed by atoms with E-state index in [2.05, 4.69) is 60.2 Å². The Kier molecular flexibility index (Phi) is 9.59. The second-order valence-electron chi connectivity index (χ2n) is 5.57. The molecule has 1 aliphatic rings. The van der Waals surface area contributed by atoms with Crippen LogP contribution in [0.1, 0.15) is 0 Å². The van der Waals surface area contributed by atoms with Gasteiger partial charge in [-0.15, -0.1) is 0 Å². The lowest BCUT2D eigenvalue weighted by Gasteiger charge is -2.28. The minimum absolute atomic E-state index is 1.14. The summed E-state index contributed by atoms with van der Waals surface area (Å²) in [6, 6.07) is 0. The van der Waals surface area contributed by atoms with Gasteiger partial charge >= 0.3 is 0 Å². The number of rotatable bonds is 10. The molecule has 1 aliphatic heterocycles. The number of hydrogen-bond donors (Lipinski definition) is 0. The molecule has 1 rings (SSSR count). The lowest BCUT2D eigenvalue weighted by Crippen LogP contribution is -2.33. The maximum absolute atomic E-state index is 2.41. The van der Waals surface area contributed by atoms with Crippen molar-refractivity contribution in [3.63, 3.8) is 0 Å². The average molecular weight is 319 g/mol. The van der Waals surface area contributed by atoms with Crippen LogP contribution in [-0.2, 0) is 0 Å². The van der Waals surface area contributed by atoms with Crippen LogP contribution < -0.4 is 0 Å². The van der Waals surface area contributed by atoms with E-state index >= 15 is 0 Å². The van der Waals surface area contributed by atoms with Crippen molar-refractivity contribution < 1.29 is 0 Å². The van der Waals surface area contributed by atoms with Crippen LogP contribution >= 0.6 is 21.6 Å². The predicted octanol–water partition coefficient (Wildman–Crippen LogP) is 1.58. The van der Waals surface area contributed by atoms with E-state index in [9.17, 15) is 0 Å². The first-order valence-corrected chi connectivity index (χ1v) is 9.77. The Morgan fingerprint density at radius 2 is 1.70 bits per heavy atom. The first-order chi connectivity index (χ1) is 9.58. The molecule has 0 saturated heterocycles. The second-order valence-corrected chi connectivity index (χ2v) is 8.27. The van der Waals surface area contributed by atoms with Gasteiger partial charge in [-0.05, 0) is 21.1 Å².